The number of anilines is 2. The van der Waals surface area contributed by atoms with Gasteiger partial charge in [0.1, 0.15) is 4.88 Å². The van der Waals surface area contributed by atoms with Gasteiger partial charge in [0.2, 0.25) is 0 Å². The Bertz CT molecular complexity index is 1040. The summed E-state index contributed by atoms with van der Waals surface area (Å²) in [5, 5.41) is 5.36. The number of nitrogens with one attached hydrogen (secondary N) is 1. The third-order valence-electron chi connectivity index (χ3n) is 4.82. The standard InChI is InChI=1S/C20H22N6OS.C2H6/c21-7-8-26(23)14-5-1-12(2-6-14)9-25-20(27)19-18(22)17-15(13-3-4-13)10-24-11-16(17)28-19;1-2/h1-2,5-8,10-11,13H,3-4,9,21-23H2,(H,25,27);1-2H3/b8-7-;. The van der Waals surface area contributed by atoms with Crippen LogP contribution in [0.1, 0.15) is 53.4 Å². The fourth-order valence-electron chi connectivity index (χ4n) is 3.20. The highest BCUT2D eigenvalue weighted by Crippen LogP contribution is 2.46. The molecule has 8 heteroatoms. The van der Waals surface area contributed by atoms with Crippen molar-refractivity contribution in [2.75, 3.05) is 10.7 Å². The van der Waals surface area contributed by atoms with Crippen LogP contribution in [0.4, 0.5) is 11.4 Å². The van der Waals surface area contributed by atoms with Gasteiger partial charge in [0.15, 0.2) is 0 Å². The topological polar surface area (TPSA) is 123 Å². The van der Waals surface area contributed by atoms with E-state index in [4.69, 9.17) is 17.3 Å². The van der Waals surface area contributed by atoms with Crippen LogP contribution in [0.5, 0.6) is 0 Å². The number of nitrogens with zero attached hydrogens (tertiary/aromatic N) is 2. The maximum atomic E-state index is 12.7. The van der Waals surface area contributed by atoms with Gasteiger partial charge >= 0.3 is 0 Å². The summed E-state index contributed by atoms with van der Waals surface area (Å²) in [4.78, 5) is 17.6. The van der Waals surface area contributed by atoms with Gasteiger partial charge in [-0.05, 0) is 42.0 Å². The van der Waals surface area contributed by atoms with Crippen molar-refractivity contribution in [1.82, 2.24) is 10.3 Å². The van der Waals surface area contributed by atoms with Crippen LogP contribution < -0.4 is 27.6 Å². The highest BCUT2D eigenvalue weighted by atomic mass is 32.1. The Hall–Kier alpha value is -3.10. The third-order valence-corrected chi connectivity index (χ3v) is 5.96. The van der Waals surface area contributed by atoms with Crippen molar-refractivity contribution in [3.63, 3.8) is 0 Å². The van der Waals surface area contributed by atoms with E-state index in [0.717, 1.165) is 34.2 Å². The van der Waals surface area contributed by atoms with Gasteiger partial charge in [-0.15, -0.1) is 11.3 Å². The lowest BCUT2D eigenvalue weighted by Gasteiger charge is -2.13. The molecule has 158 valence electrons. The molecule has 2 heterocycles. The highest BCUT2D eigenvalue weighted by Gasteiger charge is 2.28. The first-order valence-electron chi connectivity index (χ1n) is 10.0. The van der Waals surface area contributed by atoms with Crippen molar-refractivity contribution in [2.45, 2.75) is 39.2 Å². The van der Waals surface area contributed by atoms with Crippen molar-refractivity contribution in [3.05, 3.63) is 65.1 Å². The number of hydrogen-bond acceptors (Lipinski definition) is 7. The quantitative estimate of drug-likeness (QED) is 0.352. The van der Waals surface area contributed by atoms with E-state index in [-0.39, 0.29) is 5.91 Å². The van der Waals surface area contributed by atoms with Gasteiger partial charge in [0, 0.05) is 36.7 Å². The molecular weight excluding hydrogens is 396 g/mol. The van der Waals surface area contributed by atoms with Crippen LogP contribution in [0.25, 0.3) is 10.1 Å². The van der Waals surface area contributed by atoms with Gasteiger partial charge < -0.3 is 16.8 Å². The molecule has 0 aliphatic heterocycles. The molecule has 3 aromatic rings. The molecule has 0 atom stereocenters. The van der Waals surface area contributed by atoms with Gasteiger partial charge in [-0.3, -0.25) is 14.8 Å². The normalized spacial score (nSPS) is 13.2. The molecule has 0 unspecified atom stereocenters. The number of hydrazine groups is 1. The number of aromatic nitrogens is 1. The maximum Gasteiger partial charge on any atom is 0.263 e. The number of fused-ring (bicyclic) bond motifs is 1. The fraction of sp³-hybridized carbons (Fsp3) is 0.273. The Labute approximate surface area is 180 Å². The minimum Gasteiger partial charge on any atom is -0.403 e. The van der Waals surface area contributed by atoms with Crippen LogP contribution in [0.15, 0.2) is 49.1 Å². The van der Waals surface area contributed by atoms with Gasteiger partial charge in [-0.2, -0.15) is 0 Å². The number of benzene rings is 1. The minimum atomic E-state index is -0.170. The lowest BCUT2D eigenvalue weighted by atomic mass is 10.1. The van der Waals surface area contributed by atoms with Gasteiger partial charge in [-0.1, -0.05) is 26.0 Å². The molecular formula is C22H28N6OS. The minimum absolute atomic E-state index is 0.170. The molecule has 1 amide bonds. The predicted octanol–water partition coefficient (Wildman–Crippen LogP) is 3.82. The summed E-state index contributed by atoms with van der Waals surface area (Å²) >= 11 is 1.40. The molecule has 2 aromatic heterocycles. The van der Waals surface area contributed by atoms with Crippen molar-refractivity contribution in [1.29, 1.82) is 0 Å². The molecule has 7 nitrogen and oxygen atoms in total. The number of carbonyl (C=O) groups is 1. The number of rotatable bonds is 6. The number of amides is 1. The summed E-state index contributed by atoms with van der Waals surface area (Å²) in [6.07, 6.45) is 8.92. The Balaban J connectivity index is 0.00000124. The zero-order valence-corrected chi connectivity index (χ0v) is 18.1. The van der Waals surface area contributed by atoms with Crippen LogP contribution in [-0.2, 0) is 6.54 Å². The predicted molar refractivity (Wildman–Crippen MR) is 125 cm³/mol. The van der Waals surface area contributed by atoms with Crippen LogP contribution >= 0.6 is 11.3 Å². The van der Waals surface area contributed by atoms with Crippen molar-refractivity contribution >= 4 is 38.7 Å². The molecule has 0 spiro atoms. The fourth-order valence-corrected chi connectivity index (χ4v) is 4.24. The van der Waals surface area contributed by atoms with Crippen LogP contribution in [0.3, 0.4) is 0 Å². The second-order valence-corrected chi connectivity index (χ2v) is 7.87. The summed E-state index contributed by atoms with van der Waals surface area (Å²) in [6, 6.07) is 7.54. The smallest absolute Gasteiger partial charge is 0.263 e. The Morgan fingerprint density at radius 1 is 1.27 bits per heavy atom. The average molecular weight is 425 g/mol. The van der Waals surface area contributed by atoms with E-state index in [1.165, 1.54) is 28.1 Å². The van der Waals surface area contributed by atoms with E-state index in [1.54, 1.807) is 12.4 Å². The summed E-state index contributed by atoms with van der Waals surface area (Å²) < 4.78 is 0.965. The molecule has 30 heavy (non-hydrogen) atoms. The monoisotopic (exact) mass is 424 g/mol. The number of thiophene rings is 1. The molecule has 1 aliphatic rings. The number of pyridine rings is 1. The number of nitrogen functional groups attached to an aromatic ring is 1. The number of carbonyl (C=O) groups excluding carboxylic acids is 1. The summed E-state index contributed by atoms with van der Waals surface area (Å²) in [5.74, 6) is 6.18. The lowest BCUT2D eigenvalue weighted by molar-refractivity contribution is 0.0956. The molecule has 0 bridgehead atoms. The van der Waals surface area contributed by atoms with Gasteiger partial charge in [0.25, 0.3) is 5.91 Å². The summed E-state index contributed by atoms with van der Waals surface area (Å²) in [7, 11) is 0. The van der Waals surface area contributed by atoms with E-state index >= 15 is 0 Å². The van der Waals surface area contributed by atoms with Crippen LogP contribution in [0.2, 0.25) is 0 Å². The Kier molecular flexibility index (Phi) is 6.91. The zero-order valence-electron chi connectivity index (χ0n) is 17.3. The molecule has 0 radical (unpaired) electrons. The molecule has 4 rings (SSSR count). The molecule has 0 saturated heterocycles. The molecule has 1 saturated carbocycles. The largest absolute Gasteiger partial charge is 0.403 e. The molecule has 7 N–H and O–H groups in total. The lowest BCUT2D eigenvalue weighted by Crippen LogP contribution is -2.25. The molecule has 1 aliphatic carbocycles. The SMILES string of the molecule is CC.N/C=C\N(N)c1ccc(CNC(=O)c2sc3cncc(C4CC4)c3c2N)cc1. The number of hydrogen-bond donors (Lipinski definition) is 4. The van der Waals surface area contributed by atoms with E-state index in [0.29, 0.717) is 23.0 Å². The first kappa shape index (κ1) is 21.6. The molecule has 1 aromatic carbocycles. The van der Waals surface area contributed by atoms with E-state index < -0.39 is 0 Å². The van der Waals surface area contributed by atoms with E-state index in [1.807, 2.05) is 44.3 Å². The molecule has 1 fully saturated rings. The Morgan fingerprint density at radius 3 is 2.60 bits per heavy atom. The summed E-state index contributed by atoms with van der Waals surface area (Å²) in [5.41, 5.74) is 15.2. The first-order chi connectivity index (χ1) is 14.6. The van der Waals surface area contributed by atoms with Crippen LogP contribution in [-0.4, -0.2) is 10.9 Å². The zero-order chi connectivity index (χ0) is 21.7. The van der Waals surface area contributed by atoms with E-state index in [9.17, 15) is 4.79 Å². The van der Waals surface area contributed by atoms with Gasteiger partial charge in [-0.25, -0.2) is 5.84 Å². The number of nitrogens with two attached hydrogens (primary N) is 3. The third kappa shape index (κ3) is 4.55. The second kappa shape index (κ2) is 9.60. The van der Waals surface area contributed by atoms with Crippen molar-refractivity contribution < 1.29 is 4.79 Å². The highest BCUT2D eigenvalue weighted by molar-refractivity contribution is 7.21. The summed E-state index contributed by atoms with van der Waals surface area (Å²) in [6.45, 7) is 4.40. The maximum absolute atomic E-state index is 12.7. The van der Waals surface area contributed by atoms with Crippen molar-refractivity contribution in [2.24, 2.45) is 11.6 Å². The second-order valence-electron chi connectivity index (χ2n) is 6.82. The van der Waals surface area contributed by atoms with Crippen molar-refractivity contribution in [3.8, 4) is 0 Å². The van der Waals surface area contributed by atoms with E-state index in [2.05, 4.69) is 10.3 Å². The van der Waals surface area contributed by atoms with Crippen LogP contribution in [0, 0.1) is 0 Å². The van der Waals surface area contributed by atoms with Gasteiger partial charge in [0.05, 0.1) is 16.1 Å². The average Bonchev–Trinajstić information content (AvgIpc) is 3.57. The Morgan fingerprint density at radius 2 is 1.97 bits per heavy atom. The first-order valence-corrected chi connectivity index (χ1v) is 10.9.